The Bertz CT molecular complexity index is 1520. The largest absolute Gasteiger partial charge is 0.489 e. The summed E-state index contributed by atoms with van der Waals surface area (Å²) >= 11 is 0. The number of H-pyrrole nitrogens is 1. The number of ether oxygens (including phenoxy) is 3. The number of imidazole rings is 1. The molecule has 46 heavy (non-hydrogen) atoms. The van der Waals surface area contributed by atoms with E-state index >= 15 is 0 Å². The van der Waals surface area contributed by atoms with E-state index in [1.165, 1.54) is 4.90 Å². The first-order chi connectivity index (χ1) is 21.8. The molecule has 0 spiro atoms. The molecule has 2 aliphatic rings. The van der Waals surface area contributed by atoms with Crippen LogP contribution in [0.15, 0.2) is 54.7 Å². The average Bonchev–Trinajstić information content (AvgIpc) is 3.76. The Morgan fingerprint density at radius 3 is 2.11 bits per heavy atom. The first-order valence-corrected chi connectivity index (χ1v) is 15.9. The number of amides is 3. The topological polar surface area (TPSA) is 126 Å². The van der Waals surface area contributed by atoms with Crippen LogP contribution in [0.5, 0.6) is 5.75 Å². The van der Waals surface area contributed by atoms with Crippen molar-refractivity contribution in [2.45, 2.75) is 97.1 Å². The third-order valence-corrected chi connectivity index (χ3v) is 7.77. The van der Waals surface area contributed by atoms with Gasteiger partial charge in [-0.1, -0.05) is 12.1 Å². The van der Waals surface area contributed by atoms with Gasteiger partial charge in [0.15, 0.2) is 0 Å². The van der Waals surface area contributed by atoms with Gasteiger partial charge in [-0.25, -0.2) is 14.6 Å². The van der Waals surface area contributed by atoms with Crippen LogP contribution >= 0.6 is 0 Å². The number of carbonyl (C=O) groups is 3. The molecule has 11 nitrogen and oxygen atoms in total. The zero-order valence-corrected chi connectivity index (χ0v) is 27.6. The van der Waals surface area contributed by atoms with E-state index in [4.69, 9.17) is 14.2 Å². The van der Waals surface area contributed by atoms with Crippen LogP contribution in [0.2, 0.25) is 0 Å². The monoisotopic (exact) mass is 631 g/mol. The maximum Gasteiger partial charge on any atom is 0.410 e. The van der Waals surface area contributed by atoms with Crippen molar-refractivity contribution in [1.29, 1.82) is 0 Å². The molecule has 246 valence electrons. The molecule has 3 heterocycles. The van der Waals surface area contributed by atoms with E-state index in [0.29, 0.717) is 31.8 Å². The maximum absolute atomic E-state index is 13.0. The summed E-state index contributed by atoms with van der Waals surface area (Å²) < 4.78 is 17.1. The minimum absolute atomic E-state index is 0.138. The van der Waals surface area contributed by atoms with Crippen molar-refractivity contribution in [2.24, 2.45) is 0 Å². The lowest BCUT2D eigenvalue weighted by molar-refractivity contribution is -0.120. The summed E-state index contributed by atoms with van der Waals surface area (Å²) in [6.45, 7) is 12.6. The number of hydrogen-bond donors (Lipinski definition) is 2. The van der Waals surface area contributed by atoms with Gasteiger partial charge in [0.25, 0.3) is 0 Å². The van der Waals surface area contributed by atoms with Crippen LogP contribution in [0.4, 0.5) is 15.3 Å². The van der Waals surface area contributed by atoms with Crippen molar-refractivity contribution < 1.29 is 28.6 Å². The van der Waals surface area contributed by atoms with E-state index in [9.17, 15) is 14.4 Å². The average molecular weight is 632 g/mol. The molecule has 3 amide bonds. The van der Waals surface area contributed by atoms with Gasteiger partial charge >= 0.3 is 12.2 Å². The Balaban J connectivity index is 1.12. The zero-order valence-electron chi connectivity index (χ0n) is 27.6. The Kier molecular flexibility index (Phi) is 9.60. The lowest BCUT2D eigenvalue weighted by atomic mass is 10.1. The maximum atomic E-state index is 13.0. The van der Waals surface area contributed by atoms with Gasteiger partial charge in [0.2, 0.25) is 5.91 Å². The molecule has 2 fully saturated rings. The Hall–Kier alpha value is -4.54. The van der Waals surface area contributed by atoms with Gasteiger partial charge in [-0.15, -0.1) is 0 Å². The summed E-state index contributed by atoms with van der Waals surface area (Å²) in [6, 6.07) is 14.5. The molecular weight excluding hydrogens is 586 g/mol. The molecule has 2 aromatic carbocycles. The molecule has 3 aromatic rings. The normalized spacial score (nSPS) is 18.4. The van der Waals surface area contributed by atoms with Crippen LogP contribution in [-0.4, -0.2) is 68.2 Å². The standard InChI is InChI=1S/C35H45N5O6/c1-34(2,3)45-32(42)39-19-7-9-28(39)30-36-21-27(38-30)24-13-17-26(18-14-24)44-22-23-11-15-25(16-12-23)37-31(41)29-10-8-20-40(29)33(43)46-35(4,5)6/h11-18,21,28-29H,7-10,19-20,22H2,1-6H3,(H,36,38)(H,37,41). The number of rotatable bonds is 7. The van der Waals surface area contributed by atoms with E-state index < -0.39 is 23.3 Å². The molecule has 11 heteroatoms. The van der Waals surface area contributed by atoms with Crippen molar-refractivity contribution in [3.8, 4) is 17.0 Å². The molecule has 2 aliphatic heterocycles. The number of aromatic nitrogens is 2. The SMILES string of the molecule is CC(C)(C)OC(=O)N1CCCC1C(=O)Nc1ccc(COc2ccc(-c3cnc(C4CCCN4C(=O)OC(C)(C)C)[nH]3)cc2)cc1. The molecule has 0 saturated carbocycles. The second-order valence-corrected chi connectivity index (χ2v) is 13.8. The van der Waals surface area contributed by atoms with Crippen molar-refractivity contribution in [3.05, 3.63) is 66.1 Å². The number of carbonyl (C=O) groups excluding carboxylic acids is 3. The minimum Gasteiger partial charge on any atom is -0.489 e. The lowest BCUT2D eigenvalue weighted by Crippen LogP contribution is -2.45. The Labute approximate surface area is 270 Å². The first kappa shape index (κ1) is 32.8. The predicted molar refractivity (Wildman–Crippen MR) is 174 cm³/mol. The summed E-state index contributed by atoms with van der Waals surface area (Å²) in [4.78, 5) is 49.5. The number of likely N-dealkylation sites (tertiary alicyclic amines) is 2. The third-order valence-electron chi connectivity index (χ3n) is 7.77. The first-order valence-electron chi connectivity index (χ1n) is 15.9. The number of hydrogen-bond acceptors (Lipinski definition) is 7. The molecule has 1 aromatic heterocycles. The highest BCUT2D eigenvalue weighted by Crippen LogP contribution is 2.33. The van der Waals surface area contributed by atoms with Gasteiger partial charge in [0.05, 0.1) is 17.9 Å². The Morgan fingerprint density at radius 1 is 0.848 bits per heavy atom. The molecule has 0 bridgehead atoms. The number of anilines is 1. The fourth-order valence-electron chi connectivity index (χ4n) is 5.63. The van der Waals surface area contributed by atoms with E-state index in [1.807, 2.05) is 90.1 Å². The summed E-state index contributed by atoms with van der Waals surface area (Å²) in [5.74, 6) is 1.25. The highest BCUT2D eigenvalue weighted by molar-refractivity contribution is 5.96. The molecule has 2 N–H and O–H groups in total. The zero-order chi connectivity index (χ0) is 33.1. The van der Waals surface area contributed by atoms with Crippen LogP contribution in [0, 0.1) is 0 Å². The fourth-order valence-corrected chi connectivity index (χ4v) is 5.63. The van der Waals surface area contributed by atoms with Gasteiger partial charge in [-0.3, -0.25) is 14.6 Å². The van der Waals surface area contributed by atoms with Gasteiger partial charge in [-0.2, -0.15) is 0 Å². The number of aromatic amines is 1. The predicted octanol–water partition coefficient (Wildman–Crippen LogP) is 7.07. The van der Waals surface area contributed by atoms with Gasteiger partial charge < -0.3 is 24.5 Å². The summed E-state index contributed by atoms with van der Waals surface area (Å²) in [6.07, 6.45) is 4.11. The van der Waals surface area contributed by atoms with Gasteiger partial charge in [0.1, 0.15) is 35.4 Å². The summed E-state index contributed by atoms with van der Waals surface area (Å²) in [7, 11) is 0. The fraction of sp³-hybridized carbons (Fsp3) is 0.486. The van der Waals surface area contributed by atoms with Crippen LogP contribution in [0.1, 0.15) is 84.7 Å². The molecular formula is C35H45N5O6. The van der Waals surface area contributed by atoms with Gasteiger partial charge in [0, 0.05) is 18.8 Å². The highest BCUT2D eigenvalue weighted by Gasteiger charge is 2.37. The van der Waals surface area contributed by atoms with Crippen LogP contribution in [0.25, 0.3) is 11.3 Å². The van der Waals surface area contributed by atoms with Gasteiger partial charge in [-0.05, 0) is 115 Å². The van der Waals surface area contributed by atoms with E-state index in [2.05, 4.69) is 15.3 Å². The van der Waals surface area contributed by atoms with Crippen LogP contribution in [0.3, 0.4) is 0 Å². The minimum atomic E-state index is -0.617. The number of benzene rings is 2. The highest BCUT2D eigenvalue weighted by atomic mass is 16.6. The molecule has 0 radical (unpaired) electrons. The number of nitrogens with zero attached hydrogens (tertiary/aromatic N) is 3. The summed E-state index contributed by atoms with van der Waals surface area (Å²) in [5.41, 5.74) is 2.26. The smallest absolute Gasteiger partial charge is 0.410 e. The lowest BCUT2D eigenvalue weighted by Gasteiger charge is -2.28. The van der Waals surface area contributed by atoms with Crippen molar-refractivity contribution in [2.75, 3.05) is 18.4 Å². The summed E-state index contributed by atoms with van der Waals surface area (Å²) in [5, 5.41) is 2.93. The Morgan fingerprint density at radius 2 is 1.46 bits per heavy atom. The molecule has 2 saturated heterocycles. The van der Waals surface area contributed by atoms with E-state index in [0.717, 1.165) is 47.7 Å². The molecule has 2 unspecified atom stereocenters. The molecule has 0 aliphatic carbocycles. The third kappa shape index (κ3) is 8.38. The van der Waals surface area contributed by atoms with Crippen molar-refractivity contribution in [3.63, 3.8) is 0 Å². The second-order valence-electron chi connectivity index (χ2n) is 13.8. The van der Waals surface area contributed by atoms with Crippen LogP contribution < -0.4 is 10.1 Å². The van der Waals surface area contributed by atoms with E-state index in [-0.39, 0.29) is 18.0 Å². The van der Waals surface area contributed by atoms with E-state index in [1.54, 1.807) is 11.1 Å². The van der Waals surface area contributed by atoms with Crippen molar-refractivity contribution >= 4 is 23.8 Å². The molecule has 2 atom stereocenters. The number of nitrogens with one attached hydrogen (secondary N) is 2. The second kappa shape index (κ2) is 13.4. The van der Waals surface area contributed by atoms with Crippen LogP contribution in [-0.2, 0) is 20.9 Å². The van der Waals surface area contributed by atoms with Crippen molar-refractivity contribution in [1.82, 2.24) is 19.8 Å². The molecule has 5 rings (SSSR count). The quantitative estimate of drug-likeness (QED) is 0.286.